The standard InChI is InChI=1S/C14H18BFO4/c1-13(2)14(3,4)20-15(19-13)9-5-6-10-12(11(9)16)18-8-7-17-10/h5-6H,7-8H2,1-4H3. The molecule has 0 radical (unpaired) electrons. The summed E-state index contributed by atoms with van der Waals surface area (Å²) in [5.41, 5.74) is -0.665. The molecule has 0 unspecified atom stereocenters. The van der Waals surface area contributed by atoms with Gasteiger partial charge in [-0.15, -0.1) is 0 Å². The van der Waals surface area contributed by atoms with Gasteiger partial charge in [0.1, 0.15) is 13.2 Å². The first-order valence-electron chi connectivity index (χ1n) is 6.75. The highest BCUT2D eigenvalue weighted by molar-refractivity contribution is 6.62. The van der Waals surface area contributed by atoms with Crippen LogP contribution >= 0.6 is 0 Å². The molecule has 20 heavy (non-hydrogen) atoms. The zero-order valence-corrected chi connectivity index (χ0v) is 12.2. The van der Waals surface area contributed by atoms with Gasteiger partial charge in [0.25, 0.3) is 0 Å². The van der Waals surface area contributed by atoms with Crippen LogP contribution in [0.25, 0.3) is 0 Å². The van der Waals surface area contributed by atoms with Crippen LogP contribution in [-0.4, -0.2) is 31.5 Å². The van der Waals surface area contributed by atoms with Gasteiger partial charge in [-0.05, 0) is 33.8 Å². The van der Waals surface area contributed by atoms with Gasteiger partial charge in [0.15, 0.2) is 17.3 Å². The van der Waals surface area contributed by atoms with E-state index in [1.807, 2.05) is 27.7 Å². The predicted molar refractivity (Wildman–Crippen MR) is 73.1 cm³/mol. The van der Waals surface area contributed by atoms with Crippen LogP contribution in [0.2, 0.25) is 0 Å². The number of hydrogen-bond donors (Lipinski definition) is 0. The van der Waals surface area contributed by atoms with Crippen LogP contribution in [0.1, 0.15) is 27.7 Å². The lowest BCUT2D eigenvalue weighted by Gasteiger charge is -2.32. The van der Waals surface area contributed by atoms with Crippen LogP contribution in [0.5, 0.6) is 11.5 Å². The summed E-state index contributed by atoms with van der Waals surface area (Å²) < 4.78 is 37.0. The lowest BCUT2D eigenvalue weighted by molar-refractivity contribution is 0.00578. The Kier molecular flexibility index (Phi) is 2.99. The van der Waals surface area contributed by atoms with Crippen LogP contribution in [-0.2, 0) is 9.31 Å². The molecule has 4 nitrogen and oxygen atoms in total. The molecule has 6 heteroatoms. The van der Waals surface area contributed by atoms with Gasteiger partial charge in [0, 0.05) is 5.46 Å². The third kappa shape index (κ3) is 1.98. The van der Waals surface area contributed by atoms with E-state index in [9.17, 15) is 4.39 Å². The Morgan fingerprint density at radius 2 is 1.60 bits per heavy atom. The van der Waals surface area contributed by atoms with Crippen molar-refractivity contribution in [2.75, 3.05) is 13.2 Å². The summed E-state index contributed by atoms with van der Waals surface area (Å²) in [7, 11) is -0.740. The van der Waals surface area contributed by atoms with Crippen LogP contribution in [0.4, 0.5) is 4.39 Å². The Bertz CT molecular complexity index is 528. The molecule has 0 aliphatic carbocycles. The van der Waals surface area contributed by atoms with E-state index in [2.05, 4.69) is 0 Å². The molecule has 108 valence electrons. The molecule has 2 heterocycles. The van der Waals surface area contributed by atoms with Gasteiger partial charge in [0.05, 0.1) is 11.2 Å². The third-order valence-corrected chi connectivity index (χ3v) is 4.19. The maximum absolute atomic E-state index is 14.5. The second-order valence-electron chi connectivity index (χ2n) is 6.08. The molecule has 1 fully saturated rings. The summed E-state index contributed by atoms with van der Waals surface area (Å²) in [5.74, 6) is 0.0955. The first kappa shape index (κ1) is 13.7. The van der Waals surface area contributed by atoms with Crippen LogP contribution < -0.4 is 14.9 Å². The lowest BCUT2D eigenvalue weighted by atomic mass is 9.78. The highest BCUT2D eigenvalue weighted by atomic mass is 19.1. The maximum Gasteiger partial charge on any atom is 0.498 e. The third-order valence-electron chi connectivity index (χ3n) is 4.19. The van der Waals surface area contributed by atoms with E-state index in [0.717, 1.165) is 0 Å². The molecule has 0 amide bonds. The van der Waals surface area contributed by atoms with E-state index < -0.39 is 24.1 Å². The smallest absolute Gasteiger partial charge is 0.486 e. The highest BCUT2D eigenvalue weighted by Crippen LogP contribution is 2.38. The van der Waals surface area contributed by atoms with Crippen molar-refractivity contribution in [3.8, 4) is 11.5 Å². The fourth-order valence-corrected chi connectivity index (χ4v) is 2.25. The molecular weight excluding hydrogens is 262 g/mol. The van der Waals surface area contributed by atoms with Crippen LogP contribution in [0.15, 0.2) is 12.1 Å². The van der Waals surface area contributed by atoms with Gasteiger partial charge in [-0.2, -0.15) is 0 Å². The number of benzene rings is 1. The SMILES string of the molecule is CC1(C)OB(c2ccc3c(c2F)OCCO3)OC1(C)C. The number of hydrogen-bond acceptors (Lipinski definition) is 4. The van der Waals surface area contributed by atoms with Crippen molar-refractivity contribution in [1.82, 2.24) is 0 Å². The largest absolute Gasteiger partial charge is 0.498 e. The number of ether oxygens (including phenoxy) is 2. The van der Waals surface area contributed by atoms with Crippen molar-refractivity contribution in [1.29, 1.82) is 0 Å². The Labute approximate surface area is 118 Å². The van der Waals surface area contributed by atoms with Gasteiger partial charge in [-0.3, -0.25) is 0 Å². The summed E-state index contributed by atoms with van der Waals surface area (Å²) >= 11 is 0. The minimum atomic E-state index is -0.740. The monoisotopic (exact) mass is 280 g/mol. The Morgan fingerprint density at radius 3 is 2.25 bits per heavy atom. The highest BCUT2D eigenvalue weighted by Gasteiger charge is 2.52. The zero-order chi connectivity index (χ0) is 14.5. The summed E-state index contributed by atoms with van der Waals surface area (Å²) in [6, 6.07) is 3.32. The first-order chi connectivity index (χ1) is 9.32. The molecule has 0 spiro atoms. The molecule has 0 aromatic heterocycles. The van der Waals surface area contributed by atoms with Crippen molar-refractivity contribution >= 4 is 12.6 Å². The van der Waals surface area contributed by atoms with Gasteiger partial charge in [-0.25, -0.2) is 4.39 Å². The average Bonchev–Trinajstić information content (AvgIpc) is 2.59. The molecule has 2 aliphatic rings. The molecule has 2 aliphatic heterocycles. The average molecular weight is 280 g/mol. The van der Waals surface area contributed by atoms with Crippen molar-refractivity contribution in [3.63, 3.8) is 0 Å². The second-order valence-corrected chi connectivity index (χ2v) is 6.08. The fourth-order valence-electron chi connectivity index (χ4n) is 2.25. The van der Waals surface area contributed by atoms with Crippen LogP contribution in [0, 0.1) is 5.82 Å². The summed E-state index contributed by atoms with van der Waals surface area (Å²) in [6.45, 7) is 8.51. The van der Waals surface area contributed by atoms with Gasteiger partial charge < -0.3 is 18.8 Å². The molecule has 0 saturated carbocycles. The summed E-state index contributed by atoms with van der Waals surface area (Å²) in [4.78, 5) is 0. The van der Waals surface area contributed by atoms with Gasteiger partial charge in [-0.1, -0.05) is 6.07 Å². The Morgan fingerprint density at radius 1 is 1.00 bits per heavy atom. The first-order valence-corrected chi connectivity index (χ1v) is 6.75. The van der Waals surface area contributed by atoms with Crippen LogP contribution in [0.3, 0.4) is 0 Å². The van der Waals surface area contributed by atoms with Gasteiger partial charge in [0.2, 0.25) is 0 Å². The topological polar surface area (TPSA) is 36.9 Å². The van der Waals surface area contributed by atoms with Crippen molar-refractivity contribution < 1.29 is 23.2 Å². The number of halogens is 1. The molecule has 0 bridgehead atoms. The van der Waals surface area contributed by atoms with E-state index in [1.54, 1.807) is 12.1 Å². The molecule has 0 atom stereocenters. The minimum absolute atomic E-state index is 0.142. The normalized spacial score (nSPS) is 22.9. The molecule has 3 rings (SSSR count). The summed E-state index contributed by atoms with van der Waals surface area (Å²) in [6.07, 6.45) is 0. The van der Waals surface area contributed by atoms with Crippen molar-refractivity contribution in [2.24, 2.45) is 0 Å². The number of rotatable bonds is 1. The van der Waals surface area contributed by atoms with E-state index in [0.29, 0.717) is 24.4 Å². The molecule has 0 N–H and O–H groups in total. The molecule has 1 aromatic carbocycles. The van der Waals surface area contributed by atoms with E-state index in [4.69, 9.17) is 18.8 Å². The van der Waals surface area contributed by atoms with Gasteiger partial charge >= 0.3 is 7.12 Å². The summed E-state index contributed by atoms with van der Waals surface area (Å²) in [5, 5.41) is 0. The van der Waals surface area contributed by atoms with Crippen molar-refractivity contribution in [3.05, 3.63) is 17.9 Å². The Hall–Kier alpha value is -1.27. The van der Waals surface area contributed by atoms with Crippen molar-refractivity contribution in [2.45, 2.75) is 38.9 Å². The molecule has 1 saturated heterocycles. The quantitative estimate of drug-likeness (QED) is 0.736. The Balaban J connectivity index is 1.96. The molecule has 1 aromatic rings. The lowest BCUT2D eigenvalue weighted by Crippen LogP contribution is -2.41. The zero-order valence-electron chi connectivity index (χ0n) is 12.2. The van der Waals surface area contributed by atoms with E-state index >= 15 is 0 Å². The molecular formula is C14H18BFO4. The fraction of sp³-hybridized carbons (Fsp3) is 0.571. The maximum atomic E-state index is 14.5. The van der Waals surface area contributed by atoms with E-state index in [-0.39, 0.29) is 5.75 Å². The predicted octanol–water partition coefficient (Wildman–Crippen LogP) is 1.90. The minimum Gasteiger partial charge on any atom is -0.486 e. The second kappa shape index (κ2) is 4.36. The number of fused-ring (bicyclic) bond motifs is 1. The van der Waals surface area contributed by atoms with E-state index in [1.165, 1.54) is 0 Å².